The summed E-state index contributed by atoms with van der Waals surface area (Å²) in [6.45, 7) is 8.95. The number of hydrogen-bond acceptors (Lipinski definition) is 2. The molecule has 0 aliphatic carbocycles. The first kappa shape index (κ1) is 16.0. The van der Waals surface area contributed by atoms with E-state index in [1.54, 1.807) is 0 Å². The summed E-state index contributed by atoms with van der Waals surface area (Å²) in [4.78, 5) is 0. The Morgan fingerprint density at radius 3 is 2.08 bits per heavy atom. The van der Waals surface area contributed by atoms with Crippen molar-refractivity contribution in [1.29, 1.82) is 0 Å². The smallest absolute Gasteiger partial charge is 0.135 e. The number of anilines is 2. The molecule has 3 aromatic rings. The van der Waals surface area contributed by atoms with Crippen molar-refractivity contribution in [2.75, 3.05) is 10.6 Å². The van der Waals surface area contributed by atoms with Gasteiger partial charge in [0.05, 0.1) is 0 Å². The van der Waals surface area contributed by atoms with Crippen molar-refractivity contribution in [2.45, 2.75) is 39.8 Å². The fourth-order valence-corrected chi connectivity index (χ4v) is 4.29. The van der Waals surface area contributed by atoms with E-state index in [1.807, 2.05) is 0 Å². The normalized spacial score (nSPS) is 15.1. The third-order valence-electron chi connectivity index (χ3n) is 5.16. The van der Waals surface area contributed by atoms with Crippen LogP contribution in [0.5, 0.6) is 0 Å². The zero-order chi connectivity index (χ0) is 17.6. The summed E-state index contributed by atoms with van der Waals surface area (Å²) in [6.07, 6.45) is 1.02. The van der Waals surface area contributed by atoms with Gasteiger partial charge < -0.3 is 10.6 Å². The molecule has 0 unspecified atom stereocenters. The maximum atomic E-state index is 3.87. The van der Waals surface area contributed by atoms with Crippen molar-refractivity contribution in [3.05, 3.63) is 71.3 Å². The molecule has 0 fully saturated rings. The second-order valence-electron chi connectivity index (χ2n) is 7.78. The van der Waals surface area contributed by atoms with Crippen LogP contribution in [-0.2, 0) is 5.66 Å². The Hall–Kier alpha value is -2.48. The molecule has 2 N–H and O–H groups in total. The van der Waals surface area contributed by atoms with Crippen LogP contribution in [0.3, 0.4) is 0 Å². The van der Waals surface area contributed by atoms with Gasteiger partial charge in [-0.2, -0.15) is 0 Å². The van der Waals surface area contributed by atoms with Crippen LogP contribution >= 0.6 is 0 Å². The van der Waals surface area contributed by atoms with Crippen LogP contribution in [0.2, 0.25) is 0 Å². The number of aryl methyl sites for hydroxylation is 2. The molecule has 1 heterocycles. The number of benzene rings is 3. The molecule has 1 aliphatic heterocycles. The lowest BCUT2D eigenvalue weighted by Crippen LogP contribution is -2.46. The van der Waals surface area contributed by atoms with Crippen LogP contribution in [-0.4, -0.2) is 0 Å². The lowest BCUT2D eigenvalue weighted by Gasteiger charge is -2.44. The highest BCUT2D eigenvalue weighted by Crippen LogP contribution is 2.44. The van der Waals surface area contributed by atoms with Gasteiger partial charge in [0.25, 0.3) is 0 Å². The molecule has 2 nitrogen and oxygen atoms in total. The highest BCUT2D eigenvalue weighted by molar-refractivity contribution is 6.05. The molecule has 128 valence electrons. The van der Waals surface area contributed by atoms with E-state index < -0.39 is 0 Å². The predicted molar refractivity (Wildman–Crippen MR) is 108 cm³/mol. The minimum absolute atomic E-state index is 0.283. The molecule has 2 heteroatoms. The third kappa shape index (κ3) is 2.66. The largest absolute Gasteiger partial charge is 0.359 e. The second kappa shape index (κ2) is 5.80. The topological polar surface area (TPSA) is 24.1 Å². The van der Waals surface area contributed by atoms with Gasteiger partial charge in [0, 0.05) is 22.3 Å². The molecule has 0 aromatic heterocycles. The summed E-state index contributed by atoms with van der Waals surface area (Å²) in [5, 5.41) is 10.3. The summed E-state index contributed by atoms with van der Waals surface area (Å²) in [7, 11) is 0. The fraction of sp³-hybridized carbons (Fsp3) is 0.304. The molecule has 0 radical (unpaired) electrons. The van der Waals surface area contributed by atoms with Crippen molar-refractivity contribution in [3.8, 4) is 0 Å². The molecule has 0 saturated carbocycles. The summed E-state index contributed by atoms with van der Waals surface area (Å²) in [5.74, 6) is 0.560. The van der Waals surface area contributed by atoms with Gasteiger partial charge in [-0.25, -0.2) is 0 Å². The van der Waals surface area contributed by atoms with Crippen LogP contribution in [0.4, 0.5) is 11.4 Å². The number of rotatable bonds is 3. The van der Waals surface area contributed by atoms with Gasteiger partial charge in [-0.1, -0.05) is 61.9 Å². The Bertz CT molecular complexity index is 899. The molecule has 4 rings (SSSR count). The van der Waals surface area contributed by atoms with Gasteiger partial charge in [0.15, 0.2) is 0 Å². The highest BCUT2D eigenvalue weighted by Gasteiger charge is 2.37. The van der Waals surface area contributed by atoms with Crippen molar-refractivity contribution in [3.63, 3.8) is 0 Å². The van der Waals surface area contributed by atoms with Crippen LogP contribution in [0.1, 0.15) is 37.0 Å². The molecule has 0 saturated heterocycles. The quantitative estimate of drug-likeness (QED) is 0.598. The monoisotopic (exact) mass is 330 g/mol. The molecule has 1 aliphatic rings. The lowest BCUT2D eigenvalue weighted by atomic mass is 9.84. The van der Waals surface area contributed by atoms with E-state index in [0.717, 1.165) is 6.42 Å². The minimum atomic E-state index is -0.283. The minimum Gasteiger partial charge on any atom is -0.359 e. The molecular formula is C23H26N2. The van der Waals surface area contributed by atoms with Crippen LogP contribution in [0, 0.1) is 19.8 Å². The van der Waals surface area contributed by atoms with Crippen molar-refractivity contribution in [1.82, 2.24) is 0 Å². The zero-order valence-corrected chi connectivity index (χ0v) is 15.5. The zero-order valence-electron chi connectivity index (χ0n) is 15.5. The van der Waals surface area contributed by atoms with Crippen molar-refractivity contribution < 1.29 is 0 Å². The van der Waals surface area contributed by atoms with Gasteiger partial charge in [-0.15, -0.1) is 0 Å². The summed E-state index contributed by atoms with van der Waals surface area (Å²) < 4.78 is 0. The predicted octanol–water partition coefficient (Wildman–Crippen LogP) is 6.19. The maximum absolute atomic E-state index is 3.87. The van der Waals surface area contributed by atoms with E-state index >= 15 is 0 Å². The SMILES string of the molecule is Cc1ccc(C2(CC(C)C)Nc3cccc4cccc(c34)N2)c(C)c1. The Labute approximate surface area is 150 Å². The van der Waals surface area contributed by atoms with E-state index in [2.05, 4.69) is 92.9 Å². The van der Waals surface area contributed by atoms with Crippen molar-refractivity contribution >= 4 is 22.1 Å². The van der Waals surface area contributed by atoms with Crippen molar-refractivity contribution in [2.24, 2.45) is 5.92 Å². The number of hydrogen-bond donors (Lipinski definition) is 2. The summed E-state index contributed by atoms with van der Waals surface area (Å²) in [5.41, 5.74) is 6.11. The van der Waals surface area contributed by atoms with E-state index in [1.165, 1.54) is 38.8 Å². The molecule has 3 aromatic carbocycles. The van der Waals surface area contributed by atoms with E-state index in [0.29, 0.717) is 5.92 Å². The number of nitrogens with one attached hydrogen (secondary N) is 2. The average molecular weight is 330 g/mol. The Balaban J connectivity index is 1.92. The maximum Gasteiger partial charge on any atom is 0.135 e. The molecule has 0 spiro atoms. The first-order chi connectivity index (χ1) is 12.0. The molecule has 0 atom stereocenters. The highest BCUT2D eigenvalue weighted by atomic mass is 15.2. The first-order valence-electron chi connectivity index (χ1n) is 9.14. The fourth-order valence-electron chi connectivity index (χ4n) is 4.29. The molecule has 0 bridgehead atoms. The van der Waals surface area contributed by atoms with Gasteiger partial charge in [-0.05, 0) is 49.3 Å². The summed E-state index contributed by atoms with van der Waals surface area (Å²) in [6, 6.07) is 19.8. The van der Waals surface area contributed by atoms with Crippen LogP contribution in [0.15, 0.2) is 54.6 Å². The van der Waals surface area contributed by atoms with E-state index in [9.17, 15) is 0 Å². The second-order valence-corrected chi connectivity index (χ2v) is 7.78. The Morgan fingerprint density at radius 1 is 0.880 bits per heavy atom. The van der Waals surface area contributed by atoms with Gasteiger partial charge in [-0.3, -0.25) is 0 Å². The Kier molecular flexibility index (Phi) is 3.72. The summed E-state index contributed by atoms with van der Waals surface area (Å²) >= 11 is 0. The van der Waals surface area contributed by atoms with Crippen LogP contribution in [0.25, 0.3) is 10.8 Å². The van der Waals surface area contributed by atoms with E-state index in [4.69, 9.17) is 0 Å². The lowest BCUT2D eigenvalue weighted by molar-refractivity contribution is 0.419. The van der Waals surface area contributed by atoms with Gasteiger partial charge in [0.1, 0.15) is 5.66 Å². The van der Waals surface area contributed by atoms with Crippen LogP contribution < -0.4 is 10.6 Å². The Morgan fingerprint density at radius 2 is 1.52 bits per heavy atom. The van der Waals surface area contributed by atoms with E-state index in [-0.39, 0.29) is 5.66 Å². The van der Waals surface area contributed by atoms with Gasteiger partial charge in [0.2, 0.25) is 0 Å². The standard InChI is InChI=1S/C23H26N2/c1-15(2)14-23(19-12-11-16(3)13-17(19)4)24-20-9-5-7-18-8-6-10-21(25-23)22(18)20/h5-13,15,24-25H,14H2,1-4H3. The van der Waals surface area contributed by atoms with Gasteiger partial charge >= 0.3 is 0 Å². The first-order valence-corrected chi connectivity index (χ1v) is 9.14. The molecule has 0 amide bonds. The average Bonchev–Trinajstić information content (AvgIpc) is 2.54. The third-order valence-corrected chi connectivity index (χ3v) is 5.16. The molecule has 25 heavy (non-hydrogen) atoms. The molecular weight excluding hydrogens is 304 g/mol.